The van der Waals surface area contributed by atoms with E-state index >= 15 is 0 Å². The first-order valence-electron chi connectivity index (χ1n) is 13.6. The molecule has 3 aromatic heterocycles. The molecule has 4 heterocycles. The van der Waals surface area contributed by atoms with Gasteiger partial charge in [0.1, 0.15) is 29.6 Å². The number of halogens is 1. The van der Waals surface area contributed by atoms with Crippen LogP contribution in [0.2, 0.25) is 0 Å². The Morgan fingerprint density at radius 3 is 2.85 bits per heavy atom. The standard InChI is InChI=1S/C29H33FN8O/c1-36(23-2-3-23)16-20-12-22(30)14-26(13-20)39-25-6-10-37(11-7-25)18-24(4-8-31)38-17-21(15-35-38)28-27-5-9-32-29(27)34-19-33-28/h5,9,12-15,17,19,23-25H,2-4,6-7,10-11,16,18H2,1H3,(H,32,33,34). The molecule has 1 atom stereocenters. The molecule has 1 aromatic carbocycles. The van der Waals surface area contributed by atoms with E-state index in [9.17, 15) is 9.65 Å². The highest BCUT2D eigenvalue weighted by atomic mass is 19.1. The van der Waals surface area contributed by atoms with Crippen molar-refractivity contribution in [3.8, 4) is 23.1 Å². The normalized spacial score (nSPS) is 17.5. The molecule has 10 heteroatoms. The summed E-state index contributed by atoms with van der Waals surface area (Å²) in [6, 6.07) is 9.91. The maximum absolute atomic E-state index is 14.3. The number of ether oxygens (including phenoxy) is 1. The van der Waals surface area contributed by atoms with Gasteiger partial charge in [-0.3, -0.25) is 9.58 Å². The molecule has 0 amide bonds. The molecule has 202 valence electrons. The van der Waals surface area contributed by atoms with E-state index in [1.54, 1.807) is 18.6 Å². The average molecular weight is 529 g/mol. The number of H-pyrrole nitrogens is 1. The van der Waals surface area contributed by atoms with Crippen LogP contribution >= 0.6 is 0 Å². The van der Waals surface area contributed by atoms with E-state index in [1.165, 1.54) is 18.9 Å². The smallest absolute Gasteiger partial charge is 0.141 e. The third-order valence-electron chi connectivity index (χ3n) is 7.77. The zero-order valence-electron chi connectivity index (χ0n) is 22.1. The van der Waals surface area contributed by atoms with Gasteiger partial charge in [-0.1, -0.05) is 0 Å². The fourth-order valence-corrected chi connectivity index (χ4v) is 5.52. The fourth-order valence-electron chi connectivity index (χ4n) is 5.52. The number of likely N-dealkylation sites (tertiary alicyclic amines) is 1. The Hall–Kier alpha value is -3.81. The van der Waals surface area contributed by atoms with E-state index in [-0.39, 0.29) is 18.0 Å². The first kappa shape index (κ1) is 25.5. The van der Waals surface area contributed by atoms with Crippen molar-refractivity contribution in [2.75, 3.05) is 26.7 Å². The highest BCUT2D eigenvalue weighted by Gasteiger charge is 2.27. The lowest BCUT2D eigenvalue weighted by atomic mass is 10.1. The van der Waals surface area contributed by atoms with Gasteiger partial charge < -0.3 is 14.6 Å². The molecule has 0 bridgehead atoms. The van der Waals surface area contributed by atoms with Crippen LogP contribution in [-0.4, -0.2) is 73.4 Å². The summed E-state index contributed by atoms with van der Waals surface area (Å²) in [5, 5.41) is 15.1. The van der Waals surface area contributed by atoms with Crippen molar-refractivity contribution in [2.24, 2.45) is 0 Å². The maximum atomic E-state index is 14.3. The molecule has 1 saturated carbocycles. The summed E-state index contributed by atoms with van der Waals surface area (Å²) in [5.74, 6) is 0.363. The quantitative estimate of drug-likeness (QED) is 0.322. The van der Waals surface area contributed by atoms with Gasteiger partial charge in [0.05, 0.1) is 30.4 Å². The van der Waals surface area contributed by atoms with Gasteiger partial charge in [-0.25, -0.2) is 14.4 Å². The zero-order valence-corrected chi connectivity index (χ0v) is 22.1. The SMILES string of the molecule is CN(Cc1cc(F)cc(OC2CCN(CC(CC#N)n3cc(-c4ncnc5[nH]ccc45)cn3)CC2)c1)C1CC1. The van der Waals surface area contributed by atoms with Gasteiger partial charge in [-0.2, -0.15) is 10.4 Å². The topological polar surface area (TPSA) is 98.9 Å². The van der Waals surface area contributed by atoms with Crippen LogP contribution in [0.15, 0.2) is 49.2 Å². The largest absolute Gasteiger partial charge is 0.490 e. The van der Waals surface area contributed by atoms with Gasteiger partial charge in [0, 0.05) is 61.6 Å². The van der Waals surface area contributed by atoms with Crippen LogP contribution in [0.4, 0.5) is 4.39 Å². The number of benzene rings is 1. The number of aromatic nitrogens is 5. The lowest BCUT2D eigenvalue weighted by molar-refractivity contribution is 0.0908. The van der Waals surface area contributed by atoms with Crippen molar-refractivity contribution in [1.29, 1.82) is 5.26 Å². The number of fused-ring (bicyclic) bond motifs is 1. The van der Waals surface area contributed by atoms with Crippen molar-refractivity contribution in [3.05, 3.63) is 60.6 Å². The van der Waals surface area contributed by atoms with Crippen LogP contribution < -0.4 is 4.74 Å². The van der Waals surface area contributed by atoms with Crippen LogP contribution in [0.25, 0.3) is 22.3 Å². The number of hydrogen-bond acceptors (Lipinski definition) is 7. The molecule has 1 N–H and O–H groups in total. The molecule has 1 aliphatic heterocycles. The van der Waals surface area contributed by atoms with E-state index in [2.05, 4.69) is 43.0 Å². The Labute approximate surface area is 227 Å². The van der Waals surface area contributed by atoms with Gasteiger partial charge >= 0.3 is 0 Å². The molecule has 2 aliphatic rings. The molecule has 1 aliphatic carbocycles. The predicted octanol–water partition coefficient (Wildman–Crippen LogP) is 4.55. The first-order valence-corrected chi connectivity index (χ1v) is 13.6. The summed E-state index contributed by atoms with van der Waals surface area (Å²) in [6.45, 7) is 3.16. The van der Waals surface area contributed by atoms with Crippen LogP contribution in [0.5, 0.6) is 5.75 Å². The minimum atomic E-state index is -0.249. The Morgan fingerprint density at radius 1 is 1.21 bits per heavy atom. The Bertz CT molecular complexity index is 1460. The third kappa shape index (κ3) is 5.95. The molecule has 4 aromatic rings. The Morgan fingerprint density at radius 2 is 2.05 bits per heavy atom. The first-order chi connectivity index (χ1) is 19.1. The number of rotatable bonds is 10. The summed E-state index contributed by atoms with van der Waals surface area (Å²) >= 11 is 0. The molecular formula is C29H33FN8O. The summed E-state index contributed by atoms with van der Waals surface area (Å²) in [7, 11) is 2.10. The highest BCUT2D eigenvalue weighted by molar-refractivity contribution is 5.89. The summed E-state index contributed by atoms with van der Waals surface area (Å²) in [4.78, 5) is 16.5. The summed E-state index contributed by atoms with van der Waals surface area (Å²) in [5.41, 5.74) is 3.45. The van der Waals surface area contributed by atoms with Gasteiger partial charge in [-0.15, -0.1) is 0 Å². The zero-order chi connectivity index (χ0) is 26.8. The van der Waals surface area contributed by atoms with Crippen molar-refractivity contribution < 1.29 is 9.13 Å². The number of nitriles is 1. The second kappa shape index (κ2) is 11.1. The predicted molar refractivity (Wildman–Crippen MR) is 145 cm³/mol. The molecule has 6 rings (SSSR count). The Kier molecular flexibility index (Phi) is 7.26. The lowest BCUT2D eigenvalue weighted by Gasteiger charge is -2.34. The van der Waals surface area contributed by atoms with Crippen molar-refractivity contribution >= 4 is 11.0 Å². The minimum Gasteiger partial charge on any atom is -0.490 e. The molecule has 2 fully saturated rings. The van der Waals surface area contributed by atoms with Gasteiger partial charge in [-0.05, 0) is 56.5 Å². The van der Waals surface area contributed by atoms with Gasteiger partial charge in [0.15, 0.2) is 0 Å². The van der Waals surface area contributed by atoms with Crippen LogP contribution in [0.3, 0.4) is 0 Å². The van der Waals surface area contributed by atoms with E-state index in [1.807, 2.05) is 29.2 Å². The molecule has 1 unspecified atom stereocenters. The molecule has 1 saturated heterocycles. The third-order valence-corrected chi connectivity index (χ3v) is 7.77. The number of piperidine rings is 1. The number of nitrogens with zero attached hydrogens (tertiary/aromatic N) is 7. The second-order valence-electron chi connectivity index (χ2n) is 10.7. The summed E-state index contributed by atoms with van der Waals surface area (Å²) in [6.07, 6.45) is 11.7. The van der Waals surface area contributed by atoms with Gasteiger partial charge in [0.2, 0.25) is 0 Å². The number of aromatic amines is 1. The van der Waals surface area contributed by atoms with Crippen molar-refractivity contribution in [3.63, 3.8) is 0 Å². The average Bonchev–Trinajstić information content (AvgIpc) is 3.46. The van der Waals surface area contributed by atoms with Crippen LogP contribution in [0.1, 0.15) is 43.7 Å². The van der Waals surface area contributed by atoms with Crippen LogP contribution in [-0.2, 0) is 6.54 Å². The van der Waals surface area contributed by atoms with Gasteiger partial charge in [0.25, 0.3) is 0 Å². The monoisotopic (exact) mass is 528 g/mol. The highest BCUT2D eigenvalue weighted by Crippen LogP contribution is 2.29. The number of nitrogens with one attached hydrogen (secondary N) is 1. The van der Waals surface area contributed by atoms with E-state index in [0.29, 0.717) is 18.2 Å². The van der Waals surface area contributed by atoms with Crippen LogP contribution in [0, 0.1) is 17.1 Å². The molecule has 0 radical (unpaired) electrons. The molecular weight excluding hydrogens is 495 g/mol. The lowest BCUT2D eigenvalue weighted by Crippen LogP contribution is -2.41. The molecule has 9 nitrogen and oxygen atoms in total. The molecule has 39 heavy (non-hydrogen) atoms. The fraction of sp³-hybridized carbons (Fsp3) is 0.448. The maximum Gasteiger partial charge on any atom is 0.141 e. The second-order valence-corrected chi connectivity index (χ2v) is 10.7. The minimum absolute atomic E-state index is 0.0457. The van der Waals surface area contributed by atoms with E-state index in [4.69, 9.17) is 4.74 Å². The summed E-state index contributed by atoms with van der Waals surface area (Å²) < 4.78 is 22.4. The molecule has 0 spiro atoms. The van der Waals surface area contributed by atoms with Crippen molar-refractivity contribution in [2.45, 2.75) is 56.8 Å². The van der Waals surface area contributed by atoms with Crippen molar-refractivity contribution in [1.82, 2.24) is 34.5 Å². The Balaban J connectivity index is 1.06. The number of hydrogen-bond donors (Lipinski definition) is 1. The van der Waals surface area contributed by atoms with E-state index < -0.39 is 0 Å². The van der Waals surface area contributed by atoms with E-state index in [0.717, 1.165) is 66.9 Å².